The lowest BCUT2D eigenvalue weighted by Crippen LogP contribution is -2.11. The third-order valence-corrected chi connectivity index (χ3v) is 10.9. The number of fused-ring (bicyclic) bond motifs is 8. The maximum absolute atomic E-state index is 6.43. The van der Waals surface area contributed by atoms with Crippen molar-refractivity contribution < 1.29 is 8.83 Å². The van der Waals surface area contributed by atoms with Crippen molar-refractivity contribution in [1.82, 2.24) is 0 Å². The quantitative estimate of drug-likeness (QED) is 0.173. The first kappa shape index (κ1) is 31.2. The van der Waals surface area contributed by atoms with Crippen LogP contribution in [-0.2, 0) is 0 Å². The van der Waals surface area contributed by atoms with Crippen LogP contribution in [0, 0.1) is 0 Å². The molecule has 0 saturated heterocycles. The summed E-state index contributed by atoms with van der Waals surface area (Å²) in [7, 11) is 0. The summed E-state index contributed by atoms with van der Waals surface area (Å²) in [6.45, 7) is 0. The number of nitrogens with zero attached hydrogens (tertiary/aromatic N) is 1. The van der Waals surface area contributed by atoms with Gasteiger partial charge in [0.2, 0.25) is 0 Å². The molecule has 0 unspecified atom stereocenters. The molecule has 0 bridgehead atoms. The van der Waals surface area contributed by atoms with Gasteiger partial charge in [-0.3, -0.25) is 0 Å². The van der Waals surface area contributed by atoms with Crippen LogP contribution in [0.1, 0.15) is 0 Å². The molecule has 0 saturated carbocycles. The van der Waals surface area contributed by atoms with Gasteiger partial charge in [0.1, 0.15) is 22.3 Å². The van der Waals surface area contributed by atoms with Crippen LogP contribution in [-0.4, -0.2) is 0 Å². The van der Waals surface area contributed by atoms with Crippen LogP contribution >= 0.6 is 0 Å². The molecule has 2 heterocycles. The average Bonchev–Trinajstić information content (AvgIpc) is 3.84. The Morgan fingerprint density at radius 2 is 0.855 bits per heavy atom. The Labute approximate surface area is 317 Å². The minimum Gasteiger partial charge on any atom is -0.456 e. The molecule has 55 heavy (non-hydrogen) atoms. The summed E-state index contributed by atoms with van der Waals surface area (Å²) in [6, 6.07) is 71.0. The zero-order chi connectivity index (χ0) is 36.3. The maximum atomic E-state index is 6.43. The molecule has 3 nitrogen and oxygen atoms in total. The number of hydrogen-bond acceptors (Lipinski definition) is 3. The molecule has 0 aliphatic rings. The molecule has 9 aromatic carbocycles. The fourth-order valence-corrected chi connectivity index (χ4v) is 8.34. The van der Waals surface area contributed by atoms with Crippen molar-refractivity contribution in [3.63, 3.8) is 0 Å². The highest BCUT2D eigenvalue weighted by molar-refractivity contribution is 6.21. The van der Waals surface area contributed by atoms with Gasteiger partial charge in [-0.15, -0.1) is 0 Å². The van der Waals surface area contributed by atoms with Crippen molar-refractivity contribution >= 4 is 71.7 Å². The first-order valence-corrected chi connectivity index (χ1v) is 18.7. The molecule has 11 rings (SSSR count). The van der Waals surface area contributed by atoms with Gasteiger partial charge < -0.3 is 13.7 Å². The zero-order valence-electron chi connectivity index (χ0n) is 29.8. The molecule has 258 valence electrons. The summed E-state index contributed by atoms with van der Waals surface area (Å²) in [5.41, 5.74) is 13.7. The van der Waals surface area contributed by atoms with Crippen molar-refractivity contribution in [3.05, 3.63) is 200 Å². The second kappa shape index (κ2) is 12.6. The molecule has 0 N–H and O–H groups in total. The van der Waals surface area contributed by atoms with Gasteiger partial charge in [0, 0.05) is 44.0 Å². The molecular weight excluding hydrogens is 671 g/mol. The lowest BCUT2D eigenvalue weighted by atomic mass is 9.94. The van der Waals surface area contributed by atoms with Gasteiger partial charge in [-0.2, -0.15) is 0 Å². The standard InChI is InChI=1S/C52H33NO2/c1-2-12-34(13-3-1)35-24-28-37(29-25-35)53(38-30-26-36(27-31-38)39-17-10-20-45-43-15-5-8-22-48(43)55-52(39)45)47-21-7-4-14-42(47)40-18-11-19-44-41(40)32-33-50-51(44)46-16-6-9-23-49(46)54-50/h1-33H. The van der Waals surface area contributed by atoms with Crippen molar-refractivity contribution in [2.75, 3.05) is 4.90 Å². The van der Waals surface area contributed by atoms with E-state index in [1.807, 2.05) is 24.3 Å². The van der Waals surface area contributed by atoms with E-state index in [-0.39, 0.29) is 0 Å². The largest absolute Gasteiger partial charge is 0.456 e. The smallest absolute Gasteiger partial charge is 0.143 e. The topological polar surface area (TPSA) is 29.5 Å². The SMILES string of the molecule is c1ccc(-c2ccc(N(c3ccc(-c4cccc5c4oc4ccccc45)cc3)c3ccccc3-c3cccc4c3ccc3oc5ccccc5c34)cc2)cc1. The summed E-state index contributed by atoms with van der Waals surface area (Å²) >= 11 is 0. The molecule has 3 heteroatoms. The molecule has 11 aromatic rings. The molecule has 2 aromatic heterocycles. The number of benzene rings is 9. The van der Waals surface area contributed by atoms with Gasteiger partial charge in [-0.25, -0.2) is 0 Å². The van der Waals surface area contributed by atoms with Gasteiger partial charge in [-0.1, -0.05) is 152 Å². The second-order valence-electron chi connectivity index (χ2n) is 14.0. The van der Waals surface area contributed by atoms with Crippen LogP contribution in [0.3, 0.4) is 0 Å². The van der Waals surface area contributed by atoms with Crippen LogP contribution in [0.5, 0.6) is 0 Å². The molecule has 0 spiro atoms. The minimum atomic E-state index is 0.901. The third kappa shape index (κ3) is 5.13. The molecule has 0 aliphatic heterocycles. The summed E-state index contributed by atoms with van der Waals surface area (Å²) in [5.74, 6) is 0. The summed E-state index contributed by atoms with van der Waals surface area (Å²) in [5, 5.41) is 6.90. The molecule has 0 radical (unpaired) electrons. The highest BCUT2D eigenvalue weighted by Crippen LogP contribution is 2.45. The number of rotatable bonds is 6. The Bertz CT molecular complexity index is 3190. The second-order valence-corrected chi connectivity index (χ2v) is 14.0. The molecule has 0 fully saturated rings. The lowest BCUT2D eigenvalue weighted by Gasteiger charge is -2.28. The predicted molar refractivity (Wildman–Crippen MR) is 229 cm³/mol. The van der Waals surface area contributed by atoms with E-state index >= 15 is 0 Å². The Morgan fingerprint density at radius 3 is 1.64 bits per heavy atom. The van der Waals surface area contributed by atoms with Gasteiger partial charge in [-0.05, 0) is 81.6 Å². The number of furan rings is 2. The normalized spacial score (nSPS) is 11.6. The summed E-state index contributed by atoms with van der Waals surface area (Å²) in [4.78, 5) is 2.38. The van der Waals surface area contributed by atoms with Crippen molar-refractivity contribution in [3.8, 4) is 33.4 Å². The fraction of sp³-hybridized carbons (Fsp3) is 0. The average molecular weight is 704 g/mol. The Balaban J connectivity index is 1.08. The fourth-order valence-electron chi connectivity index (χ4n) is 8.34. The van der Waals surface area contributed by atoms with E-state index in [1.54, 1.807) is 0 Å². The minimum absolute atomic E-state index is 0.901. The first-order chi connectivity index (χ1) is 27.3. The Morgan fingerprint density at radius 1 is 0.291 bits per heavy atom. The van der Waals surface area contributed by atoms with Crippen LogP contribution in [0.2, 0.25) is 0 Å². The Kier molecular flexibility index (Phi) is 7.17. The van der Waals surface area contributed by atoms with Gasteiger partial charge in [0.15, 0.2) is 0 Å². The van der Waals surface area contributed by atoms with Crippen molar-refractivity contribution in [2.45, 2.75) is 0 Å². The van der Waals surface area contributed by atoms with Crippen LogP contribution in [0.15, 0.2) is 209 Å². The highest BCUT2D eigenvalue weighted by atomic mass is 16.3. The highest BCUT2D eigenvalue weighted by Gasteiger charge is 2.20. The zero-order valence-corrected chi connectivity index (χ0v) is 29.8. The predicted octanol–water partition coefficient (Wildman–Crippen LogP) is 15.1. The van der Waals surface area contributed by atoms with E-state index in [2.05, 4.69) is 181 Å². The van der Waals surface area contributed by atoms with Crippen LogP contribution in [0.4, 0.5) is 17.1 Å². The van der Waals surface area contributed by atoms with Crippen molar-refractivity contribution in [2.24, 2.45) is 0 Å². The summed E-state index contributed by atoms with van der Waals surface area (Å²) < 4.78 is 12.7. The van der Waals surface area contributed by atoms with Crippen LogP contribution in [0.25, 0.3) is 88.0 Å². The van der Waals surface area contributed by atoms with Gasteiger partial charge >= 0.3 is 0 Å². The van der Waals surface area contributed by atoms with Crippen LogP contribution < -0.4 is 4.90 Å². The molecule has 0 atom stereocenters. The Hall–Kier alpha value is -7.36. The van der Waals surface area contributed by atoms with Crippen molar-refractivity contribution in [1.29, 1.82) is 0 Å². The first-order valence-electron chi connectivity index (χ1n) is 18.7. The summed E-state index contributed by atoms with van der Waals surface area (Å²) in [6.07, 6.45) is 0. The van der Waals surface area contributed by atoms with Gasteiger partial charge in [0.05, 0.1) is 5.69 Å². The van der Waals surface area contributed by atoms with E-state index in [0.717, 1.165) is 77.6 Å². The monoisotopic (exact) mass is 703 g/mol. The maximum Gasteiger partial charge on any atom is 0.143 e. The van der Waals surface area contributed by atoms with E-state index in [4.69, 9.17) is 8.83 Å². The molecule has 0 amide bonds. The third-order valence-electron chi connectivity index (χ3n) is 10.9. The number of hydrogen-bond donors (Lipinski definition) is 0. The molecule has 0 aliphatic carbocycles. The molecular formula is C52H33NO2. The van der Waals surface area contributed by atoms with E-state index < -0.39 is 0 Å². The van der Waals surface area contributed by atoms with E-state index in [9.17, 15) is 0 Å². The number of anilines is 3. The number of para-hydroxylation sites is 4. The lowest BCUT2D eigenvalue weighted by molar-refractivity contribution is 0.669. The van der Waals surface area contributed by atoms with E-state index in [1.165, 1.54) is 27.5 Å². The van der Waals surface area contributed by atoms with Gasteiger partial charge in [0.25, 0.3) is 0 Å². The van der Waals surface area contributed by atoms with E-state index in [0.29, 0.717) is 0 Å².